The molecule has 1 N–H and O–H groups in total. The van der Waals surface area contributed by atoms with E-state index in [0.717, 1.165) is 16.9 Å². The summed E-state index contributed by atoms with van der Waals surface area (Å²) in [7, 11) is 0. The van der Waals surface area contributed by atoms with E-state index in [-0.39, 0.29) is 0 Å². The van der Waals surface area contributed by atoms with Crippen LogP contribution in [0, 0.1) is 0 Å². The van der Waals surface area contributed by atoms with Crippen LogP contribution >= 0.6 is 0 Å². The van der Waals surface area contributed by atoms with Crippen LogP contribution in [0.4, 0.5) is 0 Å². The molecular formula is C19H22O4. The van der Waals surface area contributed by atoms with Crippen LogP contribution in [0.25, 0.3) is 0 Å². The quantitative estimate of drug-likeness (QED) is 0.807. The fraction of sp³-hybridized carbons (Fsp3) is 0.316. The largest absolute Gasteiger partial charge is 0.489 e. The molecule has 0 saturated heterocycles. The van der Waals surface area contributed by atoms with Gasteiger partial charge in [-0.2, -0.15) is 0 Å². The minimum atomic E-state index is -1.21. The Morgan fingerprint density at radius 3 is 2.26 bits per heavy atom. The van der Waals surface area contributed by atoms with Crippen molar-refractivity contribution in [2.24, 2.45) is 0 Å². The van der Waals surface area contributed by atoms with Crippen molar-refractivity contribution in [1.82, 2.24) is 0 Å². The zero-order valence-electron chi connectivity index (χ0n) is 13.5. The third kappa shape index (κ3) is 4.83. The van der Waals surface area contributed by atoms with E-state index in [9.17, 15) is 9.90 Å². The molecule has 4 heteroatoms. The Hall–Kier alpha value is -2.33. The van der Waals surface area contributed by atoms with Crippen molar-refractivity contribution in [2.75, 3.05) is 6.61 Å². The molecule has 0 bridgehead atoms. The third-order valence-electron chi connectivity index (χ3n) is 3.63. The lowest BCUT2D eigenvalue weighted by molar-refractivity contribution is -0.162. The van der Waals surface area contributed by atoms with Crippen molar-refractivity contribution in [3.05, 3.63) is 65.7 Å². The van der Waals surface area contributed by atoms with Gasteiger partial charge in [0.2, 0.25) is 0 Å². The summed E-state index contributed by atoms with van der Waals surface area (Å²) in [5, 5.41) is 9.34. The summed E-state index contributed by atoms with van der Waals surface area (Å²) in [5.74, 6) is -0.199. The lowest BCUT2D eigenvalue weighted by Gasteiger charge is -2.24. The molecule has 0 aromatic heterocycles. The number of carbonyl (C=O) groups is 1. The van der Waals surface area contributed by atoms with E-state index in [1.807, 2.05) is 54.6 Å². The second-order valence-corrected chi connectivity index (χ2v) is 5.56. The number of ether oxygens (including phenoxy) is 2. The second-order valence-electron chi connectivity index (χ2n) is 5.56. The predicted molar refractivity (Wildman–Crippen MR) is 88.6 cm³/mol. The molecule has 2 rings (SSSR count). The van der Waals surface area contributed by atoms with E-state index in [0.29, 0.717) is 19.6 Å². The number of hydrogen-bond donors (Lipinski definition) is 1. The van der Waals surface area contributed by atoms with Gasteiger partial charge in [0.25, 0.3) is 0 Å². The van der Waals surface area contributed by atoms with Crippen molar-refractivity contribution in [3.8, 4) is 5.75 Å². The summed E-state index contributed by atoms with van der Waals surface area (Å²) in [5.41, 5.74) is 0.794. The molecule has 122 valence electrons. The second kappa shape index (κ2) is 7.79. The molecule has 1 atom stereocenters. The number of benzene rings is 2. The van der Waals surface area contributed by atoms with Crippen LogP contribution in [-0.2, 0) is 22.6 Å². The molecule has 23 heavy (non-hydrogen) atoms. The van der Waals surface area contributed by atoms with Crippen molar-refractivity contribution < 1.29 is 19.4 Å². The summed E-state index contributed by atoms with van der Waals surface area (Å²) < 4.78 is 11.1. The van der Waals surface area contributed by atoms with Gasteiger partial charge >= 0.3 is 5.97 Å². The molecule has 4 nitrogen and oxygen atoms in total. The highest BCUT2D eigenvalue weighted by molar-refractivity contribution is 5.77. The number of aliphatic carboxylic acids is 1. The molecule has 0 spiro atoms. The van der Waals surface area contributed by atoms with Crippen LogP contribution in [0.2, 0.25) is 0 Å². The summed E-state index contributed by atoms with van der Waals surface area (Å²) >= 11 is 0. The van der Waals surface area contributed by atoms with E-state index in [4.69, 9.17) is 9.47 Å². The SMILES string of the molecule is CCOC(C)(Cc1ccc(OCc2ccccc2)cc1)C(=O)O. The maximum Gasteiger partial charge on any atom is 0.336 e. The fourth-order valence-corrected chi connectivity index (χ4v) is 2.34. The van der Waals surface area contributed by atoms with Gasteiger partial charge in [0.15, 0.2) is 5.60 Å². The topological polar surface area (TPSA) is 55.8 Å². The summed E-state index contributed by atoms with van der Waals surface area (Å²) in [4.78, 5) is 11.4. The first-order valence-electron chi connectivity index (χ1n) is 7.66. The van der Waals surface area contributed by atoms with Gasteiger partial charge in [-0.05, 0) is 37.1 Å². The maximum atomic E-state index is 11.4. The predicted octanol–water partition coefficient (Wildman–Crippen LogP) is 3.69. The van der Waals surface area contributed by atoms with Gasteiger partial charge in [-0.1, -0.05) is 42.5 Å². The molecule has 0 radical (unpaired) electrons. The molecule has 2 aromatic rings. The number of carboxylic acid groups (broad SMARTS) is 1. The van der Waals surface area contributed by atoms with E-state index < -0.39 is 11.6 Å². The highest BCUT2D eigenvalue weighted by atomic mass is 16.5. The standard InChI is InChI=1S/C19H22O4/c1-3-23-19(2,18(20)21)13-15-9-11-17(12-10-15)22-14-16-7-5-4-6-8-16/h4-12H,3,13-14H2,1-2H3,(H,20,21). The molecule has 0 saturated carbocycles. The van der Waals surface area contributed by atoms with E-state index >= 15 is 0 Å². The molecular weight excluding hydrogens is 292 g/mol. The molecule has 0 fully saturated rings. The zero-order chi connectivity index (χ0) is 16.7. The van der Waals surface area contributed by atoms with Crippen LogP contribution < -0.4 is 4.74 Å². The first kappa shape index (κ1) is 17.0. The first-order valence-corrected chi connectivity index (χ1v) is 7.66. The van der Waals surface area contributed by atoms with Gasteiger partial charge in [0, 0.05) is 13.0 Å². The minimum Gasteiger partial charge on any atom is -0.489 e. The van der Waals surface area contributed by atoms with Crippen LogP contribution in [-0.4, -0.2) is 23.3 Å². The summed E-state index contributed by atoms with van der Waals surface area (Å²) in [6, 6.07) is 17.4. The van der Waals surface area contributed by atoms with Crippen molar-refractivity contribution in [3.63, 3.8) is 0 Å². The first-order chi connectivity index (χ1) is 11.0. The Labute approximate surface area is 136 Å². The Bertz CT molecular complexity index is 622. The van der Waals surface area contributed by atoms with E-state index in [1.54, 1.807) is 13.8 Å². The van der Waals surface area contributed by atoms with Gasteiger partial charge in [0.1, 0.15) is 12.4 Å². The Balaban J connectivity index is 1.97. The molecule has 0 aliphatic rings. The van der Waals surface area contributed by atoms with Crippen LogP contribution in [0.5, 0.6) is 5.75 Å². The highest BCUT2D eigenvalue weighted by Crippen LogP contribution is 2.21. The van der Waals surface area contributed by atoms with E-state index in [2.05, 4.69) is 0 Å². The van der Waals surface area contributed by atoms with Crippen LogP contribution in [0.3, 0.4) is 0 Å². The molecule has 0 amide bonds. The average molecular weight is 314 g/mol. The summed E-state index contributed by atoms with van der Waals surface area (Å²) in [6.45, 7) is 4.26. The lowest BCUT2D eigenvalue weighted by Crippen LogP contribution is -2.40. The van der Waals surface area contributed by atoms with Crippen molar-refractivity contribution in [1.29, 1.82) is 0 Å². The fourth-order valence-electron chi connectivity index (χ4n) is 2.34. The monoisotopic (exact) mass is 314 g/mol. The lowest BCUT2D eigenvalue weighted by atomic mass is 9.96. The van der Waals surface area contributed by atoms with E-state index in [1.165, 1.54) is 0 Å². The van der Waals surface area contributed by atoms with Crippen molar-refractivity contribution in [2.45, 2.75) is 32.5 Å². The molecule has 0 aliphatic heterocycles. The van der Waals surface area contributed by atoms with Gasteiger partial charge < -0.3 is 14.6 Å². The Morgan fingerprint density at radius 1 is 1.04 bits per heavy atom. The smallest absolute Gasteiger partial charge is 0.336 e. The highest BCUT2D eigenvalue weighted by Gasteiger charge is 2.33. The number of carboxylic acids is 1. The van der Waals surface area contributed by atoms with Crippen LogP contribution in [0.1, 0.15) is 25.0 Å². The van der Waals surface area contributed by atoms with Gasteiger partial charge in [-0.25, -0.2) is 4.79 Å². The number of rotatable bonds is 8. The van der Waals surface area contributed by atoms with Gasteiger partial charge in [0.05, 0.1) is 0 Å². The third-order valence-corrected chi connectivity index (χ3v) is 3.63. The minimum absolute atomic E-state index is 0.315. The van der Waals surface area contributed by atoms with Gasteiger partial charge in [-0.3, -0.25) is 0 Å². The molecule has 0 aliphatic carbocycles. The normalized spacial score (nSPS) is 13.3. The van der Waals surface area contributed by atoms with Crippen molar-refractivity contribution >= 4 is 5.97 Å². The molecule has 1 unspecified atom stereocenters. The average Bonchev–Trinajstić information content (AvgIpc) is 2.55. The Morgan fingerprint density at radius 2 is 1.70 bits per heavy atom. The van der Waals surface area contributed by atoms with Crippen LogP contribution in [0.15, 0.2) is 54.6 Å². The number of hydrogen-bond acceptors (Lipinski definition) is 3. The molecule has 2 aromatic carbocycles. The maximum absolute atomic E-state index is 11.4. The summed E-state index contributed by atoms with van der Waals surface area (Å²) in [6.07, 6.45) is 0.315. The van der Waals surface area contributed by atoms with Gasteiger partial charge in [-0.15, -0.1) is 0 Å². The molecule has 0 heterocycles. The Kier molecular flexibility index (Phi) is 5.77. The zero-order valence-corrected chi connectivity index (χ0v) is 13.5.